The third kappa shape index (κ3) is 3.55. The number of hydrogen-bond donors (Lipinski definition) is 2. The SMILES string of the molecule is NC(=O)c1cc(N2C[C@@H](c3ccccc3)N(C3CCNCC3)C2=O)c(F)cc1F. The summed E-state index contributed by atoms with van der Waals surface area (Å²) in [5.41, 5.74) is 5.58. The van der Waals surface area contributed by atoms with Gasteiger partial charge in [0.15, 0.2) is 0 Å². The summed E-state index contributed by atoms with van der Waals surface area (Å²) in [6.45, 7) is 1.80. The Morgan fingerprint density at radius 3 is 2.41 bits per heavy atom. The zero-order chi connectivity index (χ0) is 20.5. The Balaban J connectivity index is 1.75. The summed E-state index contributed by atoms with van der Waals surface area (Å²) in [6, 6.07) is 10.6. The van der Waals surface area contributed by atoms with Crippen LogP contribution >= 0.6 is 0 Å². The number of amides is 3. The van der Waals surface area contributed by atoms with Crippen LogP contribution in [-0.2, 0) is 0 Å². The van der Waals surface area contributed by atoms with Crippen LogP contribution in [-0.4, -0.2) is 42.5 Å². The zero-order valence-electron chi connectivity index (χ0n) is 15.8. The molecular weight excluding hydrogens is 378 g/mol. The Kier molecular flexibility index (Phi) is 5.19. The Hall–Kier alpha value is -3.00. The second kappa shape index (κ2) is 7.79. The number of hydrogen-bond acceptors (Lipinski definition) is 3. The second-order valence-electron chi connectivity index (χ2n) is 7.36. The fourth-order valence-corrected chi connectivity index (χ4v) is 4.18. The van der Waals surface area contributed by atoms with Crippen LogP contribution in [0.2, 0.25) is 0 Å². The lowest BCUT2D eigenvalue weighted by atomic mass is 10.00. The average molecular weight is 400 g/mol. The molecule has 0 radical (unpaired) electrons. The highest BCUT2D eigenvalue weighted by atomic mass is 19.1. The molecule has 0 saturated carbocycles. The van der Waals surface area contributed by atoms with E-state index in [1.807, 2.05) is 30.3 Å². The van der Waals surface area contributed by atoms with E-state index < -0.39 is 23.1 Å². The van der Waals surface area contributed by atoms with Gasteiger partial charge < -0.3 is 16.0 Å². The fraction of sp³-hybridized carbons (Fsp3) is 0.333. The lowest BCUT2D eigenvalue weighted by Crippen LogP contribution is -2.46. The minimum atomic E-state index is -1.04. The van der Waals surface area contributed by atoms with Gasteiger partial charge in [0, 0.05) is 12.1 Å². The van der Waals surface area contributed by atoms with Gasteiger partial charge >= 0.3 is 6.03 Å². The molecule has 152 valence electrons. The number of nitrogens with zero attached hydrogens (tertiary/aromatic N) is 2. The van der Waals surface area contributed by atoms with Gasteiger partial charge in [0.25, 0.3) is 5.91 Å². The van der Waals surface area contributed by atoms with Crippen molar-refractivity contribution in [2.24, 2.45) is 5.73 Å². The van der Waals surface area contributed by atoms with Gasteiger partial charge in [-0.3, -0.25) is 9.69 Å². The first-order valence-electron chi connectivity index (χ1n) is 9.61. The van der Waals surface area contributed by atoms with Crippen LogP contribution in [0, 0.1) is 11.6 Å². The lowest BCUT2D eigenvalue weighted by molar-refractivity contribution is 0.0996. The van der Waals surface area contributed by atoms with E-state index in [-0.39, 0.29) is 30.3 Å². The van der Waals surface area contributed by atoms with Crippen molar-refractivity contribution in [3.63, 3.8) is 0 Å². The molecule has 0 aliphatic carbocycles. The van der Waals surface area contributed by atoms with Gasteiger partial charge in [0.1, 0.15) is 11.6 Å². The highest BCUT2D eigenvalue weighted by Gasteiger charge is 2.43. The van der Waals surface area contributed by atoms with Gasteiger partial charge in [-0.25, -0.2) is 13.6 Å². The number of nitrogens with two attached hydrogens (primary N) is 1. The minimum absolute atomic E-state index is 0.0121. The molecule has 6 nitrogen and oxygen atoms in total. The second-order valence-corrected chi connectivity index (χ2v) is 7.36. The van der Waals surface area contributed by atoms with Crippen molar-refractivity contribution in [2.75, 3.05) is 24.5 Å². The summed E-state index contributed by atoms with van der Waals surface area (Å²) >= 11 is 0. The van der Waals surface area contributed by atoms with Crippen molar-refractivity contribution < 1.29 is 18.4 Å². The minimum Gasteiger partial charge on any atom is -0.366 e. The molecule has 3 amide bonds. The van der Waals surface area contributed by atoms with Crippen LogP contribution in [0.15, 0.2) is 42.5 Å². The van der Waals surface area contributed by atoms with E-state index in [0.29, 0.717) is 6.07 Å². The number of piperidine rings is 1. The predicted octanol–water partition coefficient (Wildman–Crippen LogP) is 2.80. The summed E-state index contributed by atoms with van der Waals surface area (Å²) < 4.78 is 28.5. The summed E-state index contributed by atoms with van der Waals surface area (Å²) in [7, 11) is 0. The van der Waals surface area contributed by atoms with E-state index in [0.717, 1.165) is 37.6 Å². The number of nitrogens with one attached hydrogen (secondary N) is 1. The van der Waals surface area contributed by atoms with Crippen LogP contribution in [0.4, 0.5) is 19.3 Å². The van der Waals surface area contributed by atoms with Crippen molar-refractivity contribution in [3.05, 3.63) is 65.2 Å². The predicted molar refractivity (Wildman–Crippen MR) is 105 cm³/mol. The summed E-state index contributed by atoms with van der Waals surface area (Å²) in [5.74, 6) is -2.95. The van der Waals surface area contributed by atoms with Crippen LogP contribution in [0.25, 0.3) is 0 Å². The maximum absolute atomic E-state index is 14.6. The normalized spacial score (nSPS) is 20.3. The van der Waals surface area contributed by atoms with Gasteiger partial charge in [-0.2, -0.15) is 0 Å². The maximum atomic E-state index is 14.6. The smallest absolute Gasteiger partial charge is 0.325 e. The molecule has 2 aromatic carbocycles. The van der Waals surface area contributed by atoms with Crippen molar-refractivity contribution in [3.8, 4) is 0 Å². The Morgan fingerprint density at radius 1 is 1.07 bits per heavy atom. The summed E-state index contributed by atoms with van der Waals surface area (Å²) in [5, 5.41) is 3.28. The zero-order valence-corrected chi connectivity index (χ0v) is 15.8. The van der Waals surface area contributed by atoms with Gasteiger partial charge in [0.2, 0.25) is 0 Å². The van der Waals surface area contributed by atoms with Crippen LogP contribution < -0.4 is 16.0 Å². The summed E-state index contributed by atoms with van der Waals surface area (Å²) in [4.78, 5) is 28.0. The molecule has 1 atom stereocenters. The van der Waals surface area contributed by atoms with E-state index in [1.54, 1.807) is 4.90 Å². The molecule has 29 heavy (non-hydrogen) atoms. The first-order chi connectivity index (χ1) is 14.0. The maximum Gasteiger partial charge on any atom is 0.325 e. The first-order valence-corrected chi connectivity index (χ1v) is 9.61. The third-order valence-corrected chi connectivity index (χ3v) is 5.62. The van der Waals surface area contributed by atoms with Crippen LogP contribution in [0.3, 0.4) is 0 Å². The molecule has 4 rings (SSSR count). The molecule has 0 bridgehead atoms. The highest BCUT2D eigenvalue weighted by molar-refractivity contribution is 5.98. The Morgan fingerprint density at radius 2 is 1.76 bits per heavy atom. The Bertz CT molecular complexity index is 932. The van der Waals surface area contributed by atoms with Crippen molar-refractivity contribution >= 4 is 17.6 Å². The van der Waals surface area contributed by atoms with Crippen LogP contribution in [0.1, 0.15) is 34.8 Å². The molecule has 2 heterocycles. The van der Waals surface area contributed by atoms with E-state index in [2.05, 4.69) is 5.32 Å². The number of rotatable bonds is 4. The van der Waals surface area contributed by atoms with E-state index >= 15 is 0 Å². The van der Waals surface area contributed by atoms with Crippen molar-refractivity contribution in [1.82, 2.24) is 10.2 Å². The largest absolute Gasteiger partial charge is 0.366 e. The molecular formula is C21H22F2N4O2. The highest BCUT2D eigenvalue weighted by Crippen LogP contribution is 2.37. The molecule has 2 aliphatic rings. The monoisotopic (exact) mass is 400 g/mol. The number of halogens is 2. The topological polar surface area (TPSA) is 78.7 Å². The number of anilines is 1. The van der Waals surface area contributed by atoms with Crippen LogP contribution in [0.5, 0.6) is 0 Å². The number of benzene rings is 2. The number of carbonyl (C=O) groups is 2. The molecule has 2 aliphatic heterocycles. The Labute approximate surface area is 167 Å². The number of primary amides is 1. The molecule has 2 fully saturated rings. The fourth-order valence-electron chi connectivity index (χ4n) is 4.18. The van der Waals surface area contributed by atoms with Crippen molar-refractivity contribution in [1.29, 1.82) is 0 Å². The molecule has 2 aromatic rings. The van der Waals surface area contributed by atoms with E-state index in [1.165, 1.54) is 4.90 Å². The molecule has 0 spiro atoms. The molecule has 2 saturated heterocycles. The average Bonchev–Trinajstić information content (AvgIpc) is 3.06. The van der Waals surface area contributed by atoms with E-state index in [9.17, 15) is 18.4 Å². The number of urea groups is 1. The van der Waals surface area contributed by atoms with Gasteiger partial charge in [-0.1, -0.05) is 30.3 Å². The molecule has 0 aromatic heterocycles. The van der Waals surface area contributed by atoms with Gasteiger partial charge in [0.05, 0.1) is 23.8 Å². The molecule has 8 heteroatoms. The quantitative estimate of drug-likeness (QED) is 0.828. The number of carbonyl (C=O) groups excluding carboxylic acids is 2. The molecule has 0 unspecified atom stereocenters. The third-order valence-electron chi connectivity index (χ3n) is 5.62. The van der Waals surface area contributed by atoms with Crippen molar-refractivity contribution in [2.45, 2.75) is 24.9 Å². The standard InChI is InChI=1S/C21H22F2N4O2/c22-16-11-17(23)18(10-15(16)20(24)28)26-12-19(13-4-2-1-3-5-13)27(21(26)29)14-6-8-25-9-7-14/h1-5,10-11,14,19,25H,6-9,12H2,(H2,24,28)/t19-/m0/s1. The van der Waals surface area contributed by atoms with Gasteiger partial charge in [-0.05, 0) is 37.6 Å². The summed E-state index contributed by atoms with van der Waals surface area (Å²) in [6.07, 6.45) is 1.59. The van der Waals surface area contributed by atoms with E-state index in [4.69, 9.17) is 5.73 Å². The first kappa shape index (κ1) is 19.3. The lowest BCUT2D eigenvalue weighted by Gasteiger charge is -2.35. The molecule has 3 N–H and O–H groups in total. The van der Waals surface area contributed by atoms with Gasteiger partial charge in [-0.15, -0.1) is 0 Å².